The molecule has 0 saturated carbocycles. The SMILES string of the molecule is O=C(CCCOc1ccccc1F)NCc1ccc(C(F)(F)F)cc1. The monoisotopic (exact) mass is 355 g/mol. The molecule has 134 valence electrons. The minimum atomic E-state index is -4.37. The first kappa shape index (κ1) is 18.8. The number of amides is 1. The fraction of sp³-hybridized carbons (Fsp3) is 0.278. The van der Waals surface area contributed by atoms with Gasteiger partial charge >= 0.3 is 6.18 Å². The number of nitrogens with one attached hydrogen (secondary N) is 1. The van der Waals surface area contributed by atoms with Gasteiger partial charge < -0.3 is 10.1 Å². The van der Waals surface area contributed by atoms with Crippen molar-refractivity contribution in [3.8, 4) is 5.75 Å². The zero-order chi connectivity index (χ0) is 18.3. The molecule has 2 aromatic carbocycles. The van der Waals surface area contributed by atoms with Gasteiger partial charge in [0.15, 0.2) is 11.6 Å². The minimum absolute atomic E-state index is 0.132. The van der Waals surface area contributed by atoms with Crippen molar-refractivity contribution in [3.63, 3.8) is 0 Å². The molecule has 1 amide bonds. The van der Waals surface area contributed by atoms with Gasteiger partial charge in [-0.05, 0) is 36.2 Å². The predicted octanol–water partition coefficient (Wildman–Crippen LogP) is 4.32. The smallest absolute Gasteiger partial charge is 0.416 e. The van der Waals surface area contributed by atoms with Gasteiger partial charge in [-0.15, -0.1) is 0 Å². The standard InChI is InChI=1S/C18H17F4NO2/c19-15-4-1-2-5-16(15)25-11-3-6-17(24)23-12-13-7-9-14(10-8-13)18(20,21)22/h1-2,4-5,7-10H,3,6,11-12H2,(H,23,24). The van der Waals surface area contributed by atoms with Crippen LogP contribution in [0.15, 0.2) is 48.5 Å². The average molecular weight is 355 g/mol. The van der Waals surface area contributed by atoms with Gasteiger partial charge in [-0.3, -0.25) is 4.79 Å². The molecule has 0 aliphatic heterocycles. The molecular formula is C18H17F4NO2. The Hall–Kier alpha value is -2.57. The normalized spacial score (nSPS) is 11.2. The lowest BCUT2D eigenvalue weighted by Gasteiger charge is -2.09. The summed E-state index contributed by atoms with van der Waals surface area (Å²) in [5.41, 5.74) is -0.156. The Morgan fingerprint density at radius 2 is 1.72 bits per heavy atom. The number of benzene rings is 2. The first-order valence-electron chi connectivity index (χ1n) is 7.66. The maximum absolute atomic E-state index is 13.3. The van der Waals surface area contributed by atoms with Crippen LogP contribution in [0.1, 0.15) is 24.0 Å². The summed E-state index contributed by atoms with van der Waals surface area (Å²) in [6.45, 7) is 0.333. The molecule has 7 heteroatoms. The highest BCUT2D eigenvalue weighted by molar-refractivity contribution is 5.75. The van der Waals surface area contributed by atoms with Crippen molar-refractivity contribution in [2.45, 2.75) is 25.6 Å². The number of hydrogen-bond acceptors (Lipinski definition) is 2. The van der Waals surface area contributed by atoms with Crippen molar-refractivity contribution < 1.29 is 27.1 Å². The van der Waals surface area contributed by atoms with E-state index in [9.17, 15) is 22.4 Å². The maximum atomic E-state index is 13.3. The summed E-state index contributed by atoms with van der Waals surface area (Å²) in [6.07, 6.45) is -3.80. The van der Waals surface area contributed by atoms with Gasteiger partial charge in [-0.1, -0.05) is 24.3 Å². The van der Waals surface area contributed by atoms with Crippen LogP contribution in [0.5, 0.6) is 5.75 Å². The van der Waals surface area contributed by atoms with Gasteiger partial charge in [0.05, 0.1) is 12.2 Å². The van der Waals surface area contributed by atoms with Crippen LogP contribution in [0.4, 0.5) is 17.6 Å². The van der Waals surface area contributed by atoms with Crippen LogP contribution in [0.25, 0.3) is 0 Å². The van der Waals surface area contributed by atoms with Gasteiger partial charge in [0.1, 0.15) is 0 Å². The lowest BCUT2D eigenvalue weighted by atomic mass is 10.1. The minimum Gasteiger partial charge on any atom is -0.491 e. The fourth-order valence-electron chi connectivity index (χ4n) is 2.08. The van der Waals surface area contributed by atoms with Gasteiger partial charge in [0, 0.05) is 13.0 Å². The number of ether oxygens (including phenoxy) is 1. The molecule has 0 aliphatic carbocycles. The highest BCUT2D eigenvalue weighted by Gasteiger charge is 2.29. The average Bonchev–Trinajstić information content (AvgIpc) is 2.58. The zero-order valence-electron chi connectivity index (χ0n) is 13.3. The van der Waals surface area contributed by atoms with E-state index < -0.39 is 17.6 Å². The van der Waals surface area contributed by atoms with Gasteiger partial charge in [0.2, 0.25) is 5.91 Å². The number of halogens is 4. The third-order valence-corrected chi connectivity index (χ3v) is 3.41. The largest absolute Gasteiger partial charge is 0.491 e. The van der Waals surface area contributed by atoms with E-state index in [0.29, 0.717) is 12.0 Å². The lowest BCUT2D eigenvalue weighted by Crippen LogP contribution is -2.23. The first-order valence-corrected chi connectivity index (χ1v) is 7.66. The van der Waals surface area contributed by atoms with Crippen molar-refractivity contribution in [1.82, 2.24) is 5.32 Å². The molecule has 3 nitrogen and oxygen atoms in total. The third-order valence-electron chi connectivity index (χ3n) is 3.41. The van der Waals surface area contributed by atoms with Crippen LogP contribution in [-0.2, 0) is 17.5 Å². The Morgan fingerprint density at radius 1 is 1.04 bits per heavy atom. The van der Waals surface area contributed by atoms with Crippen LogP contribution >= 0.6 is 0 Å². The van der Waals surface area contributed by atoms with Crippen molar-refractivity contribution in [2.75, 3.05) is 6.61 Å². The molecule has 1 N–H and O–H groups in total. The molecule has 0 spiro atoms. The predicted molar refractivity (Wildman–Crippen MR) is 84.4 cm³/mol. The molecule has 0 fully saturated rings. The quantitative estimate of drug-likeness (QED) is 0.593. The fourth-order valence-corrected chi connectivity index (χ4v) is 2.08. The van der Waals surface area contributed by atoms with Crippen LogP contribution in [-0.4, -0.2) is 12.5 Å². The van der Waals surface area contributed by atoms with E-state index in [-0.39, 0.29) is 31.2 Å². The Kier molecular flexibility index (Phi) is 6.38. The molecule has 0 atom stereocenters. The van der Waals surface area contributed by atoms with Crippen molar-refractivity contribution in [1.29, 1.82) is 0 Å². The van der Waals surface area contributed by atoms with E-state index in [1.54, 1.807) is 12.1 Å². The van der Waals surface area contributed by atoms with Crippen LogP contribution in [0.3, 0.4) is 0 Å². The Balaban J connectivity index is 1.68. The third kappa shape index (κ3) is 6.10. The zero-order valence-corrected chi connectivity index (χ0v) is 13.3. The molecule has 0 saturated heterocycles. The van der Waals surface area contributed by atoms with Gasteiger partial charge in [-0.25, -0.2) is 4.39 Å². The maximum Gasteiger partial charge on any atom is 0.416 e. The van der Waals surface area contributed by atoms with Gasteiger partial charge in [-0.2, -0.15) is 13.2 Å². The first-order chi connectivity index (χ1) is 11.9. The molecule has 0 bridgehead atoms. The number of alkyl halides is 3. The second-order valence-electron chi connectivity index (χ2n) is 5.35. The van der Waals surface area contributed by atoms with E-state index in [4.69, 9.17) is 4.74 Å². The molecule has 2 aromatic rings. The number of hydrogen-bond donors (Lipinski definition) is 1. The molecule has 2 rings (SSSR count). The number of para-hydroxylation sites is 1. The van der Waals surface area contributed by atoms with Crippen molar-refractivity contribution in [3.05, 3.63) is 65.5 Å². The van der Waals surface area contributed by atoms with E-state index in [0.717, 1.165) is 12.1 Å². The Morgan fingerprint density at radius 3 is 2.36 bits per heavy atom. The molecule has 0 radical (unpaired) electrons. The Bertz CT molecular complexity index is 699. The number of carbonyl (C=O) groups is 1. The summed E-state index contributed by atoms with van der Waals surface area (Å²) in [5, 5.41) is 2.62. The summed E-state index contributed by atoms with van der Waals surface area (Å²) in [7, 11) is 0. The van der Waals surface area contributed by atoms with E-state index >= 15 is 0 Å². The molecule has 0 unspecified atom stereocenters. The van der Waals surface area contributed by atoms with Crippen LogP contribution in [0, 0.1) is 5.82 Å². The van der Waals surface area contributed by atoms with E-state index in [1.807, 2.05) is 0 Å². The second kappa shape index (κ2) is 8.50. The lowest BCUT2D eigenvalue weighted by molar-refractivity contribution is -0.137. The van der Waals surface area contributed by atoms with Crippen LogP contribution < -0.4 is 10.1 Å². The Labute approximate surface area is 142 Å². The van der Waals surface area contributed by atoms with E-state index in [1.165, 1.54) is 24.3 Å². The summed E-state index contributed by atoms with van der Waals surface area (Å²) < 4.78 is 55.9. The van der Waals surface area contributed by atoms with Crippen molar-refractivity contribution >= 4 is 5.91 Å². The van der Waals surface area contributed by atoms with Gasteiger partial charge in [0.25, 0.3) is 0 Å². The summed E-state index contributed by atoms with van der Waals surface area (Å²) in [5.74, 6) is -0.584. The number of carbonyl (C=O) groups excluding carboxylic acids is 1. The highest BCUT2D eigenvalue weighted by atomic mass is 19.4. The van der Waals surface area contributed by atoms with Crippen molar-refractivity contribution in [2.24, 2.45) is 0 Å². The molecular weight excluding hydrogens is 338 g/mol. The second-order valence-corrected chi connectivity index (χ2v) is 5.35. The summed E-state index contributed by atoms with van der Waals surface area (Å²) in [6, 6.07) is 10.6. The van der Waals surface area contributed by atoms with E-state index in [2.05, 4.69) is 5.32 Å². The molecule has 0 heterocycles. The number of rotatable bonds is 7. The molecule has 0 aliphatic rings. The topological polar surface area (TPSA) is 38.3 Å². The summed E-state index contributed by atoms with van der Waals surface area (Å²) in [4.78, 5) is 11.7. The van der Waals surface area contributed by atoms with Crippen LogP contribution in [0.2, 0.25) is 0 Å². The summed E-state index contributed by atoms with van der Waals surface area (Å²) >= 11 is 0. The molecule has 25 heavy (non-hydrogen) atoms. The molecule has 0 aromatic heterocycles. The highest BCUT2D eigenvalue weighted by Crippen LogP contribution is 2.29.